The third kappa shape index (κ3) is 4.19. The van der Waals surface area contributed by atoms with E-state index in [4.69, 9.17) is 26.3 Å². The normalized spacial score (nSPS) is 10.1. The molecule has 0 N–H and O–H groups in total. The van der Waals surface area contributed by atoms with Gasteiger partial charge in [0.2, 0.25) is 0 Å². The molecule has 1 aromatic carbocycles. The van der Waals surface area contributed by atoms with Crippen LogP contribution in [-0.4, -0.2) is 40.5 Å². The van der Waals surface area contributed by atoms with Crippen molar-refractivity contribution in [1.82, 2.24) is 0 Å². The van der Waals surface area contributed by atoms with Crippen LogP contribution >= 0.6 is 11.6 Å². The fourth-order valence-electron chi connectivity index (χ4n) is 1.56. The highest BCUT2D eigenvalue weighted by molar-refractivity contribution is 6.32. The largest absolute Gasteiger partial charge is 0.383 e. The third-order valence-corrected chi connectivity index (χ3v) is 2.88. The number of nitriles is 1. The Kier molecular flexibility index (Phi) is 6.51. The van der Waals surface area contributed by atoms with Crippen LogP contribution in [0.4, 0.5) is 5.69 Å². The van der Waals surface area contributed by atoms with Gasteiger partial charge in [-0.15, -0.1) is 0 Å². The second-order valence-corrected chi connectivity index (χ2v) is 4.16. The van der Waals surface area contributed by atoms with Gasteiger partial charge in [-0.2, -0.15) is 5.26 Å². The highest BCUT2D eigenvalue weighted by Crippen LogP contribution is 2.23. The lowest BCUT2D eigenvalue weighted by molar-refractivity contribution is 0.190. The van der Waals surface area contributed by atoms with Crippen LogP contribution in [0.2, 0.25) is 5.02 Å². The molecule has 5 heteroatoms. The Hall–Kier alpha value is -1.28. The highest BCUT2D eigenvalue weighted by Gasteiger charge is 2.08. The van der Waals surface area contributed by atoms with Gasteiger partial charge in [0.05, 0.1) is 23.8 Å². The number of hydrogen-bond acceptors (Lipinski definition) is 4. The van der Waals surface area contributed by atoms with Crippen molar-refractivity contribution in [2.45, 2.75) is 0 Å². The molecule has 0 radical (unpaired) electrons. The molecule has 4 nitrogen and oxygen atoms in total. The Labute approximate surface area is 113 Å². The number of methoxy groups -OCH3 is 2. The number of anilines is 1. The number of halogens is 1. The van der Waals surface area contributed by atoms with Gasteiger partial charge in [0.15, 0.2) is 0 Å². The summed E-state index contributed by atoms with van der Waals surface area (Å²) in [6.45, 7) is 2.76. The first kappa shape index (κ1) is 14.8. The molecule has 0 saturated carbocycles. The molecule has 0 fully saturated rings. The predicted molar refractivity (Wildman–Crippen MR) is 72.1 cm³/mol. The zero-order chi connectivity index (χ0) is 13.4. The maximum absolute atomic E-state index is 8.84. The van der Waals surface area contributed by atoms with Crippen molar-refractivity contribution in [1.29, 1.82) is 5.26 Å². The molecule has 0 heterocycles. The summed E-state index contributed by atoms with van der Waals surface area (Å²) < 4.78 is 10.2. The summed E-state index contributed by atoms with van der Waals surface area (Å²) in [7, 11) is 3.33. The summed E-state index contributed by atoms with van der Waals surface area (Å²) in [5.41, 5.74) is 1.45. The zero-order valence-corrected chi connectivity index (χ0v) is 11.4. The summed E-state index contributed by atoms with van der Waals surface area (Å²) in [5.74, 6) is 0. The molecule has 98 valence electrons. The van der Waals surface area contributed by atoms with E-state index in [1.54, 1.807) is 26.4 Å². The summed E-state index contributed by atoms with van der Waals surface area (Å²) in [5, 5.41) is 9.31. The van der Waals surface area contributed by atoms with E-state index in [9.17, 15) is 0 Å². The van der Waals surface area contributed by atoms with E-state index in [2.05, 4.69) is 4.90 Å². The average molecular weight is 269 g/mol. The van der Waals surface area contributed by atoms with E-state index in [-0.39, 0.29) is 0 Å². The van der Waals surface area contributed by atoms with Crippen molar-refractivity contribution in [2.75, 3.05) is 45.4 Å². The molecule has 0 aromatic heterocycles. The first-order valence-corrected chi connectivity index (χ1v) is 6.03. The molecule has 0 saturated heterocycles. The van der Waals surface area contributed by atoms with Gasteiger partial charge in [0.1, 0.15) is 6.07 Å². The average Bonchev–Trinajstić information content (AvgIpc) is 2.39. The molecule has 0 amide bonds. The van der Waals surface area contributed by atoms with Crippen LogP contribution in [0.3, 0.4) is 0 Å². The molecule has 0 atom stereocenters. The summed E-state index contributed by atoms with van der Waals surface area (Å²) >= 11 is 6.03. The lowest BCUT2D eigenvalue weighted by Gasteiger charge is -2.24. The van der Waals surface area contributed by atoms with Crippen LogP contribution < -0.4 is 4.90 Å². The van der Waals surface area contributed by atoms with Crippen LogP contribution in [0.15, 0.2) is 18.2 Å². The molecule has 0 aliphatic carbocycles. The topological polar surface area (TPSA) is 45.5 Å². The van der Waals surface area contributed by atoms with Gasteiger partial charge in [-0.1, -0.05) is 11.6 Å². The second kappa shape index (κ2) is 7.93. The molecule has 18 heavy (non-hydrogen) atoms. The van der Waals surface area contributed by atoms with E-state index >= 15 is 0 Å². The zero-order valence-electron chi connectivity index (χ0n) is 10.6. The fourth-order valence-corrected chi connectivity index (χ4v) is 1.78. The monoisotopic (exact) mass is 268 g/mol. The van der Waals surface area contributed by atoms with Crippen molar-refractivity contribution in [2.24, 2.45) is 0 Å². The van der Waals surface area contributed by atoms with Gasteiger partial charge in [0, 0.05) is 33.0 Å². The van der Waals surface area contributed by atoms with Crippen molar-refractivity contribution in [3.8, 4) is 6.07 Å². The van der Waals surface area contributed by atoms with Gasteiger partial charge < -0.3 is 14.4 Å². The van der Waals surface area contributed by atoms with Crippen molar-refractivity contribution >= 4 is 17.3 Å². The van der Waals surface area contributed by atoms with Crippen LogP contribution in [-0.2, 0) is 9.47 Å². The van der Waals surface area contributed by atoms with E-state index < -0.39 is 0 Å². The molecule has 1 aromatic rings. The highest BCUT2D eigenvalue weighted by atomic mass is 35.5. The smallest absolute Gasteiger partial charge is 0.101 e. The van der Waals surface area contributed by atoms with Crippen LogP contribution in [0.25, 0.3) is 0 Å². The standard InChI is InChI=1S/C13H17ClN2O2/c1-17-7-5-16(6-8-18-2)12-4-3-11(10-15)13(14)9-12/h3-4,9H,5-8H2,1-2H3. The van der Waals surface area contributed by atoms with E-state index in [1.807, 2.05) is 12.1 Å². The Balaban J connectivity index is 2.83. The first-order valence-electron chi connectivity index (χ1n) is 5.65. The van der Waals surface area contributed by atoms with Crippen molar-refractivity contribution in [3.63, 3.8) is 0 Å². The predicted octanol–water partition coefficient (Wildman–Crippen LogP) is 2.31. The van der Waals surface area contributed by atoms with Gasteiger partial charge in [0.25, 0.3) is 0 Å². The molecule has 0 bridgehead atoms. The number of hydrogen-bond donors (Lipinski definition) is 0. The number of ether oxygens (including phenoxy) is 2. The van der Waals surface area contributed by atoms with Crippen LogP contribution in [0.5, 0.6) is 0 Å². The Morgan fingerprint density at radius 3 is 2.28 bits per heavy atom. The van der Waals surface area contributed by atoms with Crippen LogP contribution in [0, 0.1) is 11.3 Å². The number of benzene rings is 1. The Morgan fingerprint density at radius 2 is 1.83 bits per heavy atom. The van der Waals surface area contributed by atoms with Crippen molar-refractivity contribution in [3.05, 3.63) is 28.8 Å². The Bertz CT molecular complexity index is 410. The summed E-state index contributed by atoms with van der Waals surface area (Å²) in [6, 6.07) is 7.46. The van der Waals surface area contributed by atoms with E-state index in [0.29, 0.717) is 23.8 Å². The summed E-state index contributed by atoms with van der Waals surface area (Å²) in [4.78, 5) is 2.11. The van der Waals surface area contributed by atoms with E-state index in [0.717, 1.165) is 18.8 Å². The Morgan fingerprint density at radius 1 is 1.22 bits per heavy atom. The van der Waals surface area contributed by atoms with Gasteiger partial charge >= 0.3 is 0 Å². The lowest BCUT2D eigenvalue weighted by atomic mass is 10.2. The quantitative estimate of drug-likeness (QED) is 0.761. The SMILES string of the molecule is COCCN(CCOC)c1ccc(C#N)c(Cl)c1. The molecule has 1 rings (SSSR count). The van der Waals surface area contributed by atoms with E-state index in [1.165, 1.54) is 0 Å². The molecular formula is C13H17ClN2O2. The number of rotatable bonds is 7. The molecule has 0 aliphatic heterocycles. The maximum atomic E-state index is 8.84. The van der Waals surface area contributed by atoms with Crippen molar-refractivity contribution < 1.29 is 9.47 Å². The van der Waals surface area contributed by atoms with Gasteiger partial charge in [-0.3, -0.25) is 0 Å². The molecule has 0 aliphatic rings. The fraction of sp³-hybridized carbons (Fsp3) is 0.462. The molecule has 0 spiro atoms. The third-order valence-electron chi connectivity index (χ3n) is 2.57. The lowest BCUT2D eigenvalue weighted by Crippen LogP contribution is -2.30. The summed E-state index contributed by atoms with van der Waals surface area (Å²) in [6.07, 6.45) is 0. The molecule has 0 unspecified atom stereocenters. The minimum atomic E-state index is 0.467. The van der Waals surface area contributed by atoms with Crippen LogP contribution in [0.1, 0.15) is 5.56 Å². The minimum Gasteiger partial charge on any atom is -0.383 e. The second-order valence-electron chi connectivity index (χ2n) is 3.75. The number of nitrogens with zero attached hydrogens (tertiary/aromatic N) is 2. The first-order chi connectivity index (χ1) is 8.72. The maximum Gasteiger partial charge on any atom is 0.101 e. The van der Waals surface area contributed by atoms with Gasteiger partial charge in [-0.25, -0.2) is 0 Å². The van der Waals surface area contributed by atoms with Gasteiger partial charge in [-0.05, 0) is 18.2 Å². The molecular weight excluding hydrogens is 252 g/mol. The minimum absolute atomic E-state index is 0.467.